The Bertz CT molecular complexity index is 731. The molecule has 2 N–H and O–H groups in total. The van der Waals surface area contributed by atoms with E-state index in [1.807, 2.05) is 19.9 Å². The first kappa shape index (κ1) is 17.0. The molecule has 0 aromatic heterocycles. The monoisotopic (exact) mass is 343 g/mol. The van der Waals surface area contributed by atoms with Gasteiger partial charge >= 0.3 is 0 Å². The molecule has 0 heterocycles. The third-order valence-electron chi connectivity index (χ3n) is 8.42. The third-order valence-corrected chi connectivity index (χ3v) is 8.42. The van der Waals surface area contributed by atoms with E-state index in [2.05, 4.69) is 25.1 Å². The highest BCUT2D eigenvalue weighted by Crippen LogP contribution is 2.65. The quantitative estimate of drug-likeness (QED) is 0.398. The summed E-state index contributed by atoms with van der Waals surface area (Å²) in [5, 5.41) is 23.6. The maximum absolute atomic E-state index is 12.4. The first-order chi connectivity index (χ1) is 11.7. The summed E-state index contributed by atoms with van der Waals surface area (Å²) < 4.78 is 0. The van der Waals surface area contributed by atoms with Gasteiger partial charge in [0.1, 0.15) is 5.71 Å². The number of carbonyl (C=O) groups is 1. The van der Waals surface area contributed by atoms with Crippen molar-refractivity contribution in [1.82, 2.24) is 0 Å². The maximum atomic E-state index is 12.4. The second-order valence-corrected chi connectivity index (χ2v) is 9.37. The molecule has 4 nitrogen and oxygen atoms in total. The number of oxime groups is 1. The van der Waals surface area contributed by atoms with Crippen LogP contribution >= 0.6 is 0 Å². The molecule has 0 aromatic rings. The minimum absolute atomic E-state index is 0.0854. The largest absolute Gasteiger partial charge is 0.411 e. The van der Waals surface area contributed by atoms with E-state index in [4.69, 9.17) is 0 Å². The van der Waals surface area contributed by atoms with Crippen molar-refractivity contribution < 1.29 is 15.1 Å². The molecule has 4 aliphatic rings. The van der Waals surface area contributed by atoms with Crippen LogP contribution in [-0.2, 0) is 4.79 Å². The third kappa shape index (κ3) is 1.98. The lowest BCUT2D eigenvalue weighted by molar-refractivity contribution is -0.113. The lowest BCUT2D eigenvalue weighted by Crippen LogP contribution is -2.55. The van der Waals surface area contributed by atoms with Gasteiger partial charge in [0.2, 0.25) is 5.78 Å². The predicted molar refractivity (Wildman–Crippen MR) is 96.5 cm³/mol. The summed E-state index contributed by atoms with van der Waals surface area (Å²) in [4.78, 5) is 12.4. The van der Waals surface area contributed by atoms with Gasteiger partial charge in [-0.25, -0.2) is 0 Å². The Labute approximate surface area is 149 Å². The number of allylic oxidation sites excluding steroid dienone is 3. The Balaban J connectivity index is 1.77. The number of hydrogen-bond acceptors (Lipinski definition) is 4. The van der Waals surface area contributed by atoms with Crippen molar-refractivity contribution in [2.75, 3.05) is 0 Å². The van der Waals surface area contributed by atoms with Crippen LogP contribution in [0.25, 0.3) is 0 Å². The number of aliphatic hydroxyl groups is 1. The molecule has 136 valence electrons. The standard InChI is InChI=1S/C21H29NO3/c1-12-14-6-5-13-15(19(14,2)11-17(22-25)18(12)23)7-9-20(3)16(13)8-10-21(20,4)24/h8,10,13,15-16,24-25H,5-7,9,11H2,1-4H3/t13-,15+,16+,19+,20+,21+/m1/s1. The van der Waals surface area contributed by atoms with E-state index in [1.165, 1.54) is 5.57 Å². The first-order valence-corrected chi connectivity index (χ1v) is 9.53. The second kappa shape index (κ2) is 5.06. The number of hydrogen-bond donors (Lipinski definition) is 2. The lowest BCUT2D eigenvalue weighted by Gasteiger charge is -2.59. The summed E-state index contributed by atoms with van der Waals surface area (Å²) >= 11 is 0. The van der Waals surface area contributed by atoms with E-state index in [0.717, 1.165) is 31.3 Å². The van der Waals surface area contributed by atoms with Gasteiger partial charge in [0.05, 0.1) is 5.60 Å². The Morgan fingerprint density at radius 1 is 1.24 bits per heavy atom. The molecule has 6 atom stereocenters. The highest BCUT2D eigenvalue weighted by atomic mass is 16.4. The molecule has 4 rings (SSSR count). The van der Waals surface area contributed by atoms with Gasteiger partial charge in [-0.2, -0.15) is 0 Å². The molecular formula is C21H29NO3. The molecule has 0 unspecified atom stereocenters. The van der Waals surface area contributed by atoms with E-state index in [1.54, 1.807) is 0 Å². The Kier molecular flexibility index (Phi) is 3.45. The molecule has 0 radical (unpaired) electrons. The van der Waals surface area contributed by atoms with Crippen LogP contribution < -0.4 is 0 Å². The number of fused-ring (bicyclic) bond motifs is 5. The summed E-state index contributed by atoms with van der Waals surface area (Å²) in [6.45, 7) is 8.34. The van der Waals surface area contributed by atoms with Crippen LogP contribution in [0.3, 0.4) is 0 Å². The van der Waals surface area contributed by atoms with Gasteiger partial charge in [0, 0.05) is 11.8 Å². The summed E-state index contributed by atoms with van der Waals surface area (Å²) in [6.07, 6.45) is 8.85. The van der Waals surface area contributed by atoms with Crippen molar-refractivity contribution in [3.63, 3.8) is 0 Å². The lowest BCUT2D eigenvalue weighted by atomic mass is 9.45. The highest BCUT2D eigenvalue weighted by Gasteiger charge is 2.61. The second-order valence-electron chi connectivity index (χ2n) is 9.37. The normalized spacial score (nSPS) is 50.7. The van der Waals surface area contributed by atoms with Crippen molar-refractivity contribution in [2.24, 2.45) is 33.7 Å². The molecule has 2 saturated carbocycles. The molecule has 0 amide bonds. The average molecular weight is 343 g/mol. The van der Waals surface area contributed by atoms with Gasteiger partial charge in [-0.1, -0.05) is 36.7 Å². The SMILES string of the molecule is CC1=C2CC[C@@H]3[C@H](CC[C@@]4(C)[C@H]3C=C[C@]4(C)O)[C@@]2(C)CC(=NO)C1=O. The highest BCUT2D eigenvalue weighted by molar-refractivity contribution is 6.46. The zero-order valence-electron chi connectivity index (χ0n) is 15.7. The Hall–Kier alpha value is -1.42. The fourth-order valence-electron chi connectivity index (χ4n) is 6.69. The summed E-state index contributed by atoms with van der Waals surface area (Å²) in [5.74, 6) is 1.27. The van der Waals surface area contributed by atoms with E-state index in [0.29, 0.717) is 29.9 Å². The summed E-state index contributed by atoms with van der Waals surface area (Å²) in [6, 6.07) is 0. The van der Waals surface area contributed by atoms with E-state index in [-0.39, 0.29) is 16.6 Å². The van der Waals surface area contributed by atoms with Gasteiger partial charge < -0.3 is 10.3 Å². The van der Waals surface area contributed by atoms with Crippen LogP contribution in [0.4, 0.5) is 0 Å². The molecule has 0 bridgehead atoms. The van der Waals surface area contributed by atoms with E-state index < -0.39 is 5.60 Å². The topological polar surface area (TPSA) is 69.9 Å². The predicted octanol–water partition coefficient (Wildman–Crippen LogP) is 3.88. The molecular weight excluding hydrogens is 314 g/mol. The molecule has 0 aromatic carbocycles. The molecule has 2 fully saturated rings. The zero-order valence-corrected chi connectivity index (χ0v) is 15.7. The van der Waals surface area contributed by atoms with Gasteiger partial charge in [-0.05, 0) is 68.3 Å². The molecule has 4 aliphatic carbocycles. The van der Waals surface area contributed by atoms with Crippen molar-refractivity contribution in [2.45, 2.75) is 65.4 Å². The van der Waals surface area contributed by atoms with Gasteiger partial charge in [0.25, 0.3) is 0 Å². The van der Waals surface area contributed by atoms with Crippen LogP contribution in [-0.4, -0.2) is 27.4 Å². The molecule has 25 heavy (non-hydrogen) atoms. The van der Waals surface area contributed by atoms with Crippen LogP contribution in [0.1, 0.15) is 59.8 Å². The molecule has 0 spiro atoms. The molecule has 4 heteroatoms. The zero-order chi connectivity index (χ0) is 18.2. The summed E-state index contributed by atoms with van der Waals surface area (Å²) in [7, 11) is 0. The minimum atomic E-state index is -0.740. The van der Waals surface area contributed by atoms with Crippen molar-refractivity contribution in [3.05, 3.63) is 23.3 Å². The number of Topliss-reactive ketones (excluding diaryl/α,β-unsaturated/α-hetero) is 1. The Morgan fingerprint density at radius 3 is 2.64 bits per heavy atom. The minimum Gasteiger partial charge on any atom is -0.411 e. The van der Waals surface area contributed by atoms with Crippen LogP contribution in [0.5, 0.6) is 0 Å². The van der Waals surface area contributed by atoms with E-state index >= 15 is 0 Å². The Morgan fingerprint density at radius 2 is 1.96 bits per heavy atom. The number of nitrogens with zero attached hydrogens (tertiary/aromatic N) is 1. The molecule has 0 aliphatic heterocycles. The maximum Gasteiger partial charge on any atom is 0.206 e. The van der Waals surface area contributed by atoms with Crippen LogP contribution in [0, 0.1) is 28.6 Å². The fourth-order valence-corrected chi connectivity index (χ4v) is 6.69. The smallest absolute Gasteiger partial charge is 0.206 e. The average Bonchev–Trinajstić information content (AvgIpc) is 2.81. The van der Waals surface area contributed by atoms with Crippen LogP contribution in [0.2, 0.25) is 0 Å². The van der Waals surface area contributed by atoms with Crippen LogP contribution in [0.15, 0.2) is 28.5 Å². The van der Waals surface area contributed by atoms with E-state index in [9.17, 15) is 15.1 Å². The first-order valence-electron chi connectivity index (χ1n) is 9.53. The van der Waals surface area contributed by atoms with Gasteiger partial charge in [0.15, 0.2) is 0 Å². The number of carbonyl (C=O) groups excluding carboxylic acids is 1. The van der Waals surface area contributed by atoms with Gasteiger partial charge in [-0.15, -0.1) is 0 Å². The fraction of sp³-hybridized carbons (Fsp3) is 0.714. The number of ketones is 1. The summed E-state index contributed by atoms with van der Waals surface area (Å²) in [5.41, 5.74) is 1.44. The van der Waals surface area contributed by atoms with Crippen molar-refractivity contribution in [3.8, 4) is 0 Å². The molecule has 0 saturated heterocycles. The van der Waals surface area contributed by atoms with Gasteiger partial charge in [-0.3, -0.25) is 4.79 Å². The van der Waals surface area contributed by atoms with Crippen molar-refractivity contribution in [1.29, 1.82) is 0 Å². The van der Waals surface area contributed by atoms with Crippen molar-refractivity contribution >= 4 is 11.5 Å². The number of rotatable bonds is 0.